The summed E-state index contributed by atoms with van der Waals surface area (Å²) in [6, 6.07) is 0. The summed E-state index contributed by atoms with van der Waals surface area (Å²) in [6.45, 7) is 6.68. The molecule has 0 aliphatic carbocycles. The fraction of sp³-hybridized carbons (Fsp3) is 0.667. The Hall–Kier alpha value is -0.650. The minimum Gasteiger partial charge on any atom is -0.360 e. The van der Waals surface area contributed by atoms with Gasteiger partial charge in [0.1, 0.15) is 0 Å². The third-order valence-corrected chi connectivity index (χ3v) is 3.08. The van der Waals surface area contributed by atoms with Gasteiger partial charge in [-0.15, -0.1) is 11.3 Å². The number of anilines is 1. The van der Waals surface area contributed by atoms with Gasteiger partial charge in [0, 0.05) is 50.8 Å². The highest BCUT2D eigenvalue weighted by Crippen LogP contribution is 2.09. The standard InChI is InChI=1S/C9H16N4S/c1-5-13(6-2-10-1)7-3-11-9-12-4-8-14-9/h4,8,10H,1-3,5-7H2,(H,11,12). The molecule has 0 saturated carbocycles. The van der Waals surface area contributed by atoms with Crippen molar-refractivity contribution in [3.8, 4) is 0 Å². The molecule has 0 amide bonds. The van der Waals surface area contributed by atoms with E-state index in [1.54, 1.807) is 11.3 Å². The molecule has 0 unspecified atom stereocenters. The largest absolute Gasteiger partial charge is 0.360 e. The van der Waals surface area contributed by atoms with E-state index in [-0.39, 0.29) is 0 Å². The van der Waals surface area contributed by atoms with Crippen LogP contribution in [0.4, 0.5) is 5.13 Å². The molecule has 78 valence electrons. The van der Waals surface area contributed by atoms with Crippen LogP contribution in [0.1, 0.15) is 0 Å². The summed E-state index contributed by atoms with van der Waals surface area (Å²) >= 11 is 1.66. The maximum Gasteiger partial charge on any atom is 0.182 e. The first-order valence-electron chi connectivity index (χ1n) is 5.01. The molecule has 2 heterocycles. The first kappa shape index (κ1) is 9.89. The average Bonchev–Trinajstić information content (AvgIpc) is 2.72. The third kappa shape index (κ3) is 2.94. The monoisotopic (exact) mass is 212 g/mol. The highest BCUT2D eigenvalue weighted by atomic mass is 32.1. The lowest BCUT2D eigenvalue weighted by Crippen LogP contribution is -2.45. The SMILES string of the molecule is c1csc(NCCN2CCNCC2)n1. The molecule has 1 aliphatic heterocycles. The minimum atomic E-state index is 0.994. The van der Waals surface area contributed by atoms with Crippen molar-refractivity contribution in [2.45, 2.75) is 0 Å². The number of aromatic nitrogens is 1. The van der Waals surface area contributed by atoms with Crippen molar-refractivity contribution in [3.05, 3.63) is 11.6 Å². The molecule has 1 aromatic rings. The molecule has 1 aromatic heterocycles. The van der Waals surface area contributed by atoms with Gasteiger partial charge in [-0.3, -0.25) is 4.90 Å². The van der Waals surface area contributed by atoms with Crippen LogP contribution in [0.5, 0.6) is 0 Å². The molecule has 1 saturated heterocycles. The van der Waals surface area contributed by atoms with Crippen LogP contribution >= 0.6 is 11.3 Å². The first-order chi connectivity index (χ1) is 6.95. The molecule has 0 aromatic carbocycles. The molecular formula is C9H16N4S. The summed E-state index contributed by atoms with van der Waals surface area (Å²) in [5.74, 6) is 0. The molecular weight excluding hydrogens is 196 g/mol. The van der Waals surface area contributed by atoms with Crippen LogP contribution in [0, 0.1) is 0 Å². The van der Waals surface area contributed by atoms with E-state index in [1.165, 1.54) is 13.1 Å². The quantitative estimate of drug-likeness (QED) is 0.761. The van der Waals surface area contributed by atoms with Gasteiger partial charge in [-0.2, -0.15) is 0 Å². The number of thiazole rings is 1. The Kier molecular flexibility index (Phi) is 3.73. The predicted octanol–water partition coefficient (Wildman–Crippen LogP) is 0.460. The van der Waals surface area contributed by atoms with Crippen LogP contribution in [0.15, 0.2) is 11.6 Å². The highest BCUT2D eigenvalue weighted by molar-refractivity contribution is 7.13. The van der Waals surface area contributed by atoms with Crippen LogP contribution in [0.3, 0.4) is 0 Å². The van der Waals surface area contributed by atoms with Gasteiger partial charge in [0.2, 0.25) is 0 Å². The Balaban J connectivity index is 1.62. The molecule has 5 heteroatoms. The summed E-state index contributed by atoms with van der Waals surface area (Å²) < 4.78 is 0. The Morgan fingerprint density at radius 3 is 3.07 bits per heavy atom. The maximum atomic E-state index is 4.18. The van der Waals surface area contributed by atoms with Crippen LogP contribution in [0.25, 0.3) is 0 Å². The van der Waals surface area contributed by atoms with Crippen molar-refractivity contribution in [2.75, 3.05) is 44.6 Å². The number of nitrogens with zero attached hydrogens (tertiary/aromatic N) is 2. The smallest absolute Gasteiger partial charge is 0.182 e. The fourth-order valence-corrected chi connectivity index (χ4v) is 2.12. The van der Waals surface area contributed by atoms with E-state index < -0.39 is 0 Å². The van der Waals surface area contributed by atoms with Gasteiger partial charge in [-0.25, -0.2) is 4.98 Å². The van der Waals surface area contributed by atoms with Gasteiger partial charge in [-0.05, 0) is 0 Å². The van der Waals surface area contributed by atoms with E-state index >= 15 is 0 Å². The lowest BCUT2D eigenvalue weighted by atomic mass is 10.3. The van der Waals surface area contributed by atoms with E-state index in [2.05, 4.69) is 20.5 Å². The zero-order valence-electron chi connectivity index (χ0n) is 8.20. The zero-order valence-corrected chi connectivity index (χ0v) is 9.02. The normalized spacial score (nSPS) is 18.3. The predicted molar refractivity (Wildman–Crippen MR) is 59.9 cm³/mol. The number of hydrogen-bond donors (Lipinski definition) is 2. The Labute approximate surface area is 88.3 Å². The second-order valence-corrected chi connectivity index (χ2v) is 4.25. The van der Waals surface area contributed by atoms with E-state index in [0.717, 1.165) is 31.3 Å². The van der Waals surface area contributed by atoms with Crippen molar-refractivity contribution >= 4 is 16.5 Å². The van der Waals surface area contributed by atoms with Gasteiger partial charge in [-0.1, -0.05) is 0 Å². The molecule has 14 heavy (non-hydrogen) atoms. The third-order valence-electron chi connectivity index (χ3n) is 2.35. The minimum absolute atomic E-state index is 0.994. The van der Waals surface area contributed by atoms with Crippen LogP contribution < -0.4 is 10.6 Å². The Morgan fingerprint density at radius 1 is 1.50 bits per heavy atom. The van der Waals surface area contributed by atoms with Gasteiger partial charge >= 0.3 is 0 Å². The highest BCUT2D eigenvalue weighted by Gasteiger charge is 2.08. The van der Waals surface area contributed by atoms with Gasteiger partial charge in [0.15, 0.2) is 5.13 Å². The topological polar surface area (TPSA) is 40.2 Å². The molecule has 0 radical (unpaired) electrons. The second kappa shape index (κ2) is 5.29. The number of piperazine rings is 1. The Bertz CT molecular complexity index is 243. The van der Waals surface area contributed by atoms with Crippen molar-refractivity contribution in [3.63, 3.8) is 0 Å². The van der Waals surface area contributed by atoms with Crippen molar-refractivity contribution in [2.24, 2.45) is 0 Å². The number of hydrogen-bond acceptors (Lipinski definition) is 5. The van der Waals surface area contributed by atoms with Crippen LogP contribution in [0.2, 0.25) is 0 Å². The van der Waals surface area contributed by atoms with Crippen molar-refractivity contribution in [1.82, 2.24) is 15.2 Å². The molecule has 2 N–H and O–H groups in total. The lowest BCUT2D eigenvalue weighted by molar-refractivity contribution is 0.249. The van der Waals surface area contributed by atoms with Crippen molar-refractivity contribution < 1.29 is 0 Å². The van der Waals surface area contributed by atoms with E-state index in [1.807, 2.05) is 11.6 Å². The molecule has 0 spiro atoms. The maximum absolute atomic E-state index is 4.18. The zero-order chi connectivity index (χ0) is 9.64. The lowest BCUT2D eigenvalue weighted by Gasteiger charge is -2.26. The Morgan fingerprint density at radius 2 is 2.36 bits per heavy atom. The van der Waals surface area contributed by atoms with Gasteiger partial charge in [0.25, 0.3) is 0 Å². The molecule has 1 aliphatic rings. The molecule has 2 rings (SSSR count). The van der Waals surface area contributed by atoms with Gasteiger partial charge in [0.05, 0.1) is 0 Å². The van der Waals surface area contributed by atoms with E-state index in [0.29, 0.717) is 0 Å². The fourth-order valence-electron chi connectivity index (χ4n) is 1.57. The van der Waals surface area contributed by atoms with E-state index in [9.17, 15) is 0 Å². The van der Waals surface area contributed by atoms with Crippen LogP contribution in [-0.2, 0) is 0 Å². The molecule has 0 bridgehead atoms. The first-order valence-corrected chi connectivity index (χ1v) is 5.89. The van der Waals surface area contributed by atoms with Gasteiger partial charge < -0.3 is 10.6 Å². The summed E-state index contributed by atoms with van der Waals surface area (Å²) in [7, 11) is 0. The second-order valence-electron chi connectivity index (χ2n) is 3.36. The summed E-state index contributed by atoms with van der Waals surface area (Å²) in [4.78, 5) is 6.64. The summed E-state index contributed by atoms with van der Waals surface area (Å²) in [5.41, 5.74) is 0. The molecule has 4 nitrogen and oxygen atoms in total. The molecule has 1 fully saturated rings. The average molecular weight is 212 g/mol. The summed E-state index contributed by atoms with van der Waals surface area (Å²) in [6.07, 6.45) is 1.83. The molecule has 0 atom stereocenters. The van der Waals surface area contributed by atoms with E-state index in [4.69, 9.17) is 0 Å². The summed E-state index contributed by atoms with van der Waals surface area (Å²) in [5, 5.41) is 9.68. The number of rotatable bonds is 4. The number of nitrogens with one attached hydrogen (secondary N) is 2. The van der Waals surface area contributed by atoms with Crippen LogP contribution in [-0.4, -0.2) is 49.2 Å². The van der Waals surface area contributed by atoms with Crippen molar-refractivity contribution in [1.29, 1.82) is 0 Å².